The topological polar surface area (TPSA) is 41.6 Å². The lowest BCUT2D eigenvalue weighted by Gasteiger charge is -2.32. The molecule has 20 heavy (non-hydrogen) atoms. The minimum absolute atomic E-state index is 0.106. The molecule has 1 aromatic rings. The van der Waals surface area contributed by atoms with Crippen LogP contribution in [0.5, 0.6) is 0 Å². The monoisotopic (exact) mass is 274 g/mol. The fourth-order valence-electron chi connectivity index (χ4n) is 3.33. The van der Waals surface area contributed by atoms with E-state index in [1.54, 1.807) is 7.11 Å². The fraction of sp³-hybridized carbons (Fsp3) is 0.562. The zero-order valence-electron chi connectivity index (χ0n) is 12.2. The summed E-state index contributed by atoms with van der Waals surface area (Å²) in [7, 11) is 1.71. The van der Waals surface area contributed by atoms with Gasteiger partial charge in [-0.2, -0.15) is 0 Å². The number of methoxy groups -OCH3 is 1. The van der Waals surface area contributed by atoms with Gasteiger partial charge in [-0.1, -0.05) is 18.2 Å². The molecule has 2 aliphatic rings. The summed E-state index contributed by atoms with van der Waals surface area (Å²) in [6.07, 6.45) is 3.04. The Morgan fingerprint density at radius 1 is 1.45 bits per heavy atom. The van der Waals surface area contributed by atoms with Crippen LogP contribution in [-0.2, 0) is 16.0 Å². The minimum atomic E-state index is -0.106. The van der Waals surface area contributed by atoms with Gasteiger partial charge in [-0.05, 0) is 37.3 Å². The van der Waals surface area contributed by atoms with Gasteiger partial charge in [0.2, 0.25) is 5.91 Å². The van der Waals surface area contributed by atoms with E-state index in [2.05, 4.69) is 30.4 Å². The summed E-state index contributed by atoms with van der Waals surface area (Å²) in [6, 6.07) is 6.20. The second kappa shape index (κ2) is 5.54. The van der Waals surface area contributed by atoms with Gasteiger partial charge in [0.1, 0.15) is 0 Å². The number of rotatable bonds is 2. The molecule has 4 nitrogen and oxygen atoms in total. The van der Waals surface area contributed by atoms with Crippen molar-refractivity contribution in [3.8, 4) is 0 Å². The van der Waals surface area contributed by atoms with Crippen molar-refractivity contribution in [2.45, 2.75) is 38.3 Å². The molecule has 2 atom stereocenters. The van der Waals surface area contributed by atoms with Crippen molar-refractivity contribution >= 4 is 11.6 Å². The van der Waals surface area contributed by atoms with Crippen molar-refractivity contribution in [2.75, 3.05) is 25.1 Å². The molecule has 1 saturated heterocycles. The number of fused-ring (bicyclic) bond motifs is 1. The Bertz CT molecular complexity index is 515. The second-order valence-corrected chi connectivity index (χ2v) is 5.73. The number of nitrogens with zero attached hydrogens (tertiary/aromatic N) is 1. The van der Waals surface area contributed by atoms with E-state index in [4.69, 9.17) is 4.74 Å². The zero-order chi connectivity index (χ0) is 14.1. The lowest BCUT2D eigenvalue weighted by molar-refractivity contribution is -0.120. The average molecular weight is 274 g/mol. The summed E-state index contributed by atoms with van der Waals surface area (Å²) in [5, 5.41) is 3.29. The highest BCUT2D eigenvalue weighted by molar-refractivity contribution is 5.99. The highest BCUT2D eigenvalue weighted by atomic mass is 16.5. The highest BCUT2D eigenvalue weighted by Gasteiger charge is 2.34. The molecule has 108 valence electrons. The van der Waals surface area contributed by atoms with Crippen molar-refractivity contribution in [3.05, 3.63) is 29.3 Å². The van der Waals surface area contributed by atoms with E-state index >= 15 is 0 Å². The first-order chi connectivity index (χ1) is 9.70. The maximum Gasteiger partial charge on any atom is 0.244 e. The van der Waals surface area contributed by atoms with Gasteiger partial charge in [0.05, 0.1) is 12.1 Å². The molecule has 0 spiro atoms. The van der Waals surface area contributed by atoms with E-state index in [0.29, 0.717) is 0 Å². The lowest BCUT2D eigenvalue weighted by Crippen LogP contribution is -2.46. The number of hydrogen-bond acceptors (Lipinski definition) is 3. The summed E-state index contributed by atoms with van der Waals surface area (Å²) >= 11 is 0. The van der Waals surface area contributed by atoms with E-state index < -0.39 is 0 Å². The van der Waals surface area contributed by atoms with Crippen molar-refractivity contribution in [3.63, 3.8) is 0 Å². The number of amides is 1. The van der Waals surface area contributed by atoms with Gasteiger partial charge in [-0.3, -0.25) is 4.79 Å². The number of para-hydroxylation sites is 1. The molecule has 0 bridgehead atoms. The smallest absolute Gasteiger partial charge is 0.244 e. The molecular weight excluding hydrogens is 252 g/mol. The number of carbonyl (C=O) groups excluding carboxylic acids is 1. The molecule has 1 N–H and O–H groups in total. The van der Waals surface area contributed by atoms with E-state index in [9.17, 15) is 4.79 Å². The maximum atomic E-state index is 12.8. The first kappa shape index (κ1) is 13.6. The number of carbonyl (C=O) groups is 1. The molecule has 4 heteroatoms. The molecule has 1 amide bonds. The van der Waals surface area contributed by atoms with E-state index in [1.807, 2.05) is 4.90 Å². The maximum absolute atomic E-state index is 12.8. The van der Waals surface area contributed by atoms with Crippen LogP contribution in [0.2, 0.25) is 0 Å². The van der Waals surface area contributed by atoms with Crippen LogP contribution in [0.25, 0.3) is 0 Å². The quantitative estimate of drug-likeness (QED) is 0.891. The number of ether oxygens (including phenoxy) is 1. The number of anilines is 1. The zero-order valence-corrected chi connectivity index (χ0v) is 12.2. The van der Waals surface area contributed by atoms with Crippen LogP contribution in [0.3, 0.4) is 0 Å². The van der Waals surface area contributed by atoms with Crippen LogP contribution in [0.15, 0.2) is 18.2 Å². The highest BCUT2D eigenvalue weighted by Crippen LogP contribution is 2.31. The molecule has 0 aromatic heterocycles. The molecule has 2 heterocycles. The number of nitrogens with one attached hydrogen (secondary N) is 1. The molecular formula is C16H22N2O2. The SMILES string of the molecule is COC1CNC(C(=O)N2CCCc3cccc(C)c32)C1. The fourth-order valence-corrected chi connectivity index (χ4v) is 3.33. The summed E-state index contributed by atoms with van der Waals surface area (Å²) in [5.41, 5.74) is 3.62. The summed E-state index contributed by atoms with van der Waals surface area (Å²) in [6.45, 7) is 3.68. The van der Waals surface area contributed by atoms with Crippen LogP contribution in [0, 0.1) is 6.92 Å². The van der Waals surface area contributed by atoms with Crippen molar-refractivity contribution < 1.29 is 9.53 Å². The van der Waals surface area contributed by atoms with Gasteiger partial charge in [0.15, 0.2) is 0 Å². The van der Waals surface area contributed by atoms with Gasteiger partial charge in [0, 0.05) is 25.9 Å². The Labute approximate surface area is 120 Å². The average Bonchev–Trinajstić information content (AvgIpc) is 2.95. The Morgan fingerprint density at radius 3 is 3.05 bits per heavy atom. The van der Waals surface area contributed by atoms with Gasteiger partial charge >= 0.3 is 0 Å². The van der Waals surface area contributed by atoms with Gasteiger partial charge in [-0.25, -0.2) is 0 Å². The number of benzene rings is 1. The Kier molecular flexibility index (Phi) is 3.76. The molecule has 1 aromatic carbocycles. The Balaban J connectivity index is 1.84. The summed E-state index contributed by atoms with van der Waals surface area (Å²) in [4.78, 5) is 14.8. The van der Waals surface area contributed by atoms with Gasteiger partial charge < -0.3 is 15.0 Å². The predicted molar refractivity (Wildman–Crippen MR) is 79.1 cm³/mol. The molecule has 0 aliphatic carbocycles. The molecule has 3 rings (SSSR count). The largest absolute Gasteiger partial charge is 0.380 e. The molecule has 0 radical (unpaired) electrons. The summed E-state index contributed by atoms with van der Waals surface area (Å²) in [5.74, 6) is 0.194. The van der Waals surface area contributed by atoms with Crippen molar-refractivity contribution in [1.29, 1.82) is 0 Å². The van der Waals surface area contributed by atoms with Crippen LogP contribution in [0.1, 0.15) is 24.0 Å². The normalized spacial score (nSPS) is 25.6. The third kappa shape index (κ3) is 2.34. The third-order valence-corrected chi connectivity index (χ3v) is 4.41. The van der Waals surface area contributed by atoms with Crippen LogP contribution >= 0.6 is 0 Å². The third-order valence-electron chi connectivity index (χ3n) is 4.41. The van der Waals surface area contributed by atoms with E-state index in [0.717, 1.165) is 38.0 Å². The number of hydrogen-bond donors (Lipinski definition) is 1. The van der Waals surface area contributed by atoms with E-state index in [-0.39, 0.29) is 18.1 Å². The van der Waals surface area contributed by atoms with Crippen LogP contribution in [0.4, 0.5) is 5.69 Å². The first-order valence-corrected chi connectivity index (χ1v) is 7.36. The van der Waals surface area contributed by atoms with Crippen LogP contribution in [-0.4, -0.2) is 38.3 Å². The predicted octanol–water partition coefficient (Wildman–Crippen LogP) is 1.65. The molecule has 1 fully saturated rings. The van der Waals surface area contributed by atoms with Gasteiger partial charge in [0.25, 0.3) is 0 Å². The summed E-state index contributed by atoms with van der Waals surface area (Å²) < 4.78 is 5.34. The van der Waals surface area contributed by atoms with Crippen molar-refractivity contribution in [1.82, 2.24) is 5.32 Å². The number of aryl methyl sites for hydroxylation is 2. The van der Waals surface area contributed by atoms with E-state index in [1.165, 1.54) is 11.1 Å². The Morgan fingerprint density at radius 2 is 2.30 bits per heavy atom. The van der Waals surface area contributed by atoms with Crippen molar-refractivity contribution in [2.24, 2.45) is 0 Å². The second-order valence-electron chi connectivity index (χ2n) is 5.73. The molecule has 0 saturated carbocycles. The lowest BCUT2D eigenvalue weighted by atomic mass is 9.97. The first-order valence-electron chi connectivity index (χ1n) is 7.36. The standard InChI is InChI=1S/C16H22N2O2/c1-11-5-3-6-12-7-4-8-18(15(11)12)16(19)14-9-13(20-2)10-17-14/h3,5-6,13-14,17H,4,7-10H2,1-2H3. The Hall–Kier alpha value is -1.39. The minimum Gasteiger partial charge on any atom is -0.380 e. The van der Waals surface area contributed by atoms with Gasteiger partial charge in [-0.15, -0.1) is 0 Å². The molecule has 2 aliphatic heterocycles. The van der Waals surface area contributed by atoms with Crippen LogP contribution < -0.4 is 10.2 Å². The molecule has 2 unspecified atom stereocenters.